The monoisotopic (exact) mass is 284 g/mol. The fourth-order valence-corrected chi connectivity index (χ4v) is 2.25. The molecule has 0 fully saturated rings. The zero-order chi connectivity index (χ0) is 15.2. The summed E-state index contributed by atoms with van der Waals surface area (Å²) in [5.74, 6) is 0.635. The number of benzene rings is 2. The third kappa shape index (κ3) is 3.75. The number of amides is 2. The fourth-order valence-electron chi connectivity index (χ4n) is 2.25. The molecule has 2 rings (SSSR count). The van der Waals surface area contributed by atoms with Gasteiger partial charge in [-0.3, -0.25) is 0 Å². The van der Waals surface area contributed by atoms with Crippen LogP contribution in [0.2, 0.25) is 0 Å². The lowest BCUT2D eigenvalue weighted by Gasteiger charge is -2.17. The van der Waals surface area contributed by atoms with Gasteiger partial charge in [0.25, 0.3) is 0 Å². The minimum Gasteiger partial charge on any atom is -0.495 e. The van der Waals surface area contributed by atoms with Crippen molar-refractivity contribution in [3.8, 4) is 5.75 Å². The molecule has 110 valence electrons. The first-order chi connectivity index (χ1) is 10.1. The molecule has 2 N–H and O–H groups in total. The Bertz CT molecular complexity index is 626. The molecule has 0 unspecified atom stereocenters. The van der Waals surface area contributed by atoms with Crippen LogP contribution in [-0.2, 0) is 0 Å². The van der Waals surface area contributed by atoms with Gasteiger partial charge in [0.05, 0.1) is 18.8 Å². The highest BCUT2D eigenvalue weighted by Crippen LogP contribution is 2.23. The molecule has 0 bridgehead atoms. The number of methoxy groups -OCH3 is 1. The lowest BCUT2D eigenvalue weighted by molar-refractivity contribution is 0.249. The van der Waals surface area contributed by atoms with Crippen LogP contribution < -0.4 is 15.4 Å². The maximum absolute atomic E-state index is 12.1. The van der Waals surface area contributed by atoms with Crippen molar-refractivity contribution in [1.82, 2.24) is 5.32 Å². The van der Waals surface area contributed by atoms with Gasteiger partial charge in [0.2, 0.25) is 0 Å². The third-order valence-corrected chi connectivity index (χ3v) is 3.36. The SMILES string of the molecule is COc1ccccc1NC(=O)N[C@H](C)c1ccccc1C. The summed E-state index contributed by atoms with van der Waals surface area (Å²) >= 11 is 0. The molecule has 0 saturated carbocycles. The largest absolute Gasteiger partial charge is 0.495 e. The first-order valence-corrected chi connectivity index (χ1v) is 6.88. The van der Waals surface area contributed by atoms with Crippen molar-refractivity contribution >= 4 is 11.7 Å². The summed E-state index contributed by atoms with van der Waals surface area (Å²) < 4.78 is 5.21. The molecule has 0 aliphatic rings. The van der Waals surface area contributed by atoms with Gasteiger partial charge in [0.1, 0.15) is 5.75 Å². The van der Waals surface area contributed by atoms with Gasteiger partial charge in [0, 0.05) is 0 Å². The highest BCUT2D eigenvalue weighted by atomic mass is 16.5. The van der Waals surface area contributed by atoms with E-state index >= 15 is 0 Å². The first-order valence-electron chi connectivity index (χ1n) is 6.88. The van der Waals surface area contributed by atoms with Crippen LogP contribution in [0.4, 0.5) is 10.5 Å². The van der Waals surface area contributed by atoms with Crippen LogP contribution in [0.5, 0.6) is 5.75 Å². The highest BCUT2D eigenvalue weighted by molar-refractivity contribution is 5.91. The van der Waals surface area contributed by atoms with E-state index in [1.807, 2.05) is 50.2 Å². The van der Waals surface area contributed by atoms with Gasteiger partial charge in [-0.25, -0.2) is 4.79 Å². The molecule has 0 aromatic heterocycles. The minimum absolute atomic E-state index is 0.0686. The maximum atomic E-state index is 12.1. The summed E-state index contributed by atoms with van der Waals surface area (Å²) in [5, 5.41) is 5.74. The molecule has 0 spiro atoms. The second-order valence-corrected chi connectivity index (χ2v) is 4.88. The Hall–Kier alpha value is -2.49. The van der Waals surface area contributed by atoms with Crippen LogP contribution in [0.1, 0.15) is 24.1 Å². The van der Waals surface area contributed by atoms with Crippen LogP contribution in [0.25, 0.3) is 0 Å². The Labute approximate surface area is 125 Å². The number of anilines is 1. The Kier molecular flexibility index (Phi) is 4.82. The van der Waals surface area contributed by atoms with Gasteiger partial charge >= 0.3 is 6.03 Å². The molecule has 0 radical (unpaired) electrons. The molecule has 1 atom stereocenters. The molecule has 2 aromatic rings. The molecular weight excluding hydrogens is 264 g/mol. The number of para-hydroxylation sites is 2. The quantitative estimate of drug-likeness (QED) is 0.895. The zero-order valence-corrected chi connectivity index (χ0v) is 12.5. The molecule has 4 nitrogen and oxygen atoms in total. The Morgan fingerprint density at radius 3 is 2.48 bits per heavy atom. The van der Waals surface area contributed by atoms with E-state index in [4.69, 9.17) is 4.74 Å². The number of hydrogen-bond acceptors (Lipinski definition) is 2. The van der Waals surface area contributed by atoms with Crippen LogP contribution in [0.3, 0.4) is 0 Å². The van der Waals surface area contributed by atoms with Gasteiger partial charge in [0.15, 0.2) is 0 Å². The predicted octanol–water partition coefficient (Wildman–Crippen LogP) is 3.89. The molecular formula is C17H20N2O2. The molecule has 0 heterocycles. The Morgan fingerprint density at radius 2 is 1.76 bits per heavy atom. The molecule has 4 heteroatoms. The molecule has 2 amide bonds. The smallest absolute Gasteiger partial charge is 0.319 e. The summed E-state index contributed by atoms with van der Waals surface area (Å²) in [5.41, 5.74) is 2.91. The average molecular weight is 284 g/mol. The van der Waals surface area contributed by atoms with Gasteiger partial charge < -0.3 is 15.4 Å². The number of carbonyl (C=O) groups is 1. The van der Waals surface area contributed by atoms with Gasteiger partial charge in [-0.15, -0.1) is 0 Å². The number of rotatable bonds is 4. The van der Waals surface area contributed by atoms with E-state index in [1.54, 1.807) is 19.2 Å². The van der Waals surface area contributed by atoms with Crippen molar-refractivity contribution in [2.24, 2.45) is 0 Å². The van der Waals surface area contributed by atoms with E-state index < -0.39 is 0 Å². The molecule has 21 heavy (non-hydrogen) atoms. The van der Waals surface area contributed by atoms with Gasteiger partial charge in [-0.05, 0) is 37.1 Å². The van der Waals surface area contributed by atoms with Crippen molar-refractivity contribution in [1.29, 1.82) is 0 Å². The van der Waals surface area contributed by atoms with E-state index in [-0.39, 0.29) is 12.1 Å². The first kappa shape index (κ1) is 14.9. The minimum atomic E-state index is -0.254. The highest BCUT2D eigenvalue weighted by Gasteiger charge is 2.12. The van der Waals surface area contributed by atoms with Gasteiger partial charge in [-0.1, -0.05) is 36.4 Å². The van der Waals surface area contributed by atoms with Crippen LogP contribution in [0.15, 0.2) is 48.5 Å². The van der Waals surface area contributed by atoms with E-state index in [0.717, 1.165) is 11.1 Å². The van der Waals surface area contributed by atoms with E-state index in [0.29, 0.717) is 11.4 Å². The summed E-state index contributed by atoms with van der Waals surface area (Å²) in [4.78, 5) is 12.1. The van der Waals surface area contributed by atoms with Crippen molar-refractivity contribution in [2.75, 3.05) is 12.4 Å². The number of carbonyl (C=O) groups excluding carboxylic acids is 1. The number of ether oxygens (including phenoxy) is 1. The summed E-state index contributed by atoms with van der Waals surface area (Å²) in [6.45, 7) is 4.00. The number of aryl methyl sites for hydroxylation is 1. The normalized spacial score (nSPS) is 11.6. The van der Waals surface area contributed by atoms with Crippen LogP contribution in [0, 0.1) is 6.92 Å². The number of nitrogens with one attached hydrogen (secondary N) is 2. The summed E-state index contributed by atoms with van der Waals surface area (Å²) in [7, 11) is 1.58. The van der Waals surface area contributed by atoms with Crippen molar-refractivity contribution in [2.45, 2.75) is 19.9 Å². The van der Waals surface area contributed by atoms with E-state index in [9.17, 15) is 4.79 Å². The van der Waals surface area contributed by atoms with Crippen molar-refractivity contribution < 1.29 is 9.53 Å². The second kappa shape index (κ2) is 6.79. The molecule has 0 saturated heterocycles. The number of hydrogen-bond donors (Lipinski definition) is 2. The molecule has 0 aliphatic carbocycles. The average Bonchev–Trinajstić information content (AvgIpc) is 2.48. The standard InChI is InChI=1S/C17H20N2O2/c1-12-8-4-5-9-14(12)13(2)18-17(20)19-15-10-6-7-11-16(15)21-3/h4-11,13H,1-3H3,(H2,18,19,20)/t13-/m1/s1. The van der Waals surface area contributed by atoms with E-state index in [1.165, 1.54) is 0 Å². The maximum Gasteiger partial charge on any atom is 0.319 e. The predicted molar refractivity (Wildman–Crippen MR) is 84.7 cm³/mol. The molecule has 2 aromatic carbocycles. The summed E-state index contributed by atoms with van der Waals surface area (Å²) in [6.07, 6.45) is 0. The summed E-state index contributed by atoms with van der Waals surface area (Å²) in [6, 6.07) is 15.0. The zero-order valence-electron chi connectivity index (χ0n) is 12.5. The lowest BCUT2D eigenvalue weighted by atomic mass is 10.0. The third-order valence-electron chi connectivity index (χ3n) is 3.36. The fraction of sp³-hybridized carbons (Fsp3) is 0.235. The molecule has 0 aliphatic heterocycles. The van der Waals surface area contributed by atoms with Crippen molar-refractivity contribution in [3.63, 3.8) is 0 Å². The lowest BCUT2D eigenvalue weighted by Crippen LogP contribution is -2.31. The topological polar surface area (TPSA) is 50.4 Å². The van der Waals surface area contributed by atoms with E-state index in [2.05, 4.69) is 10.6 Å². The Balaban J connectivity index is 2.03. The number of urea groups is 1. The van der Waals surface area contributed by atoms with Crippen molar-refractivity contribution in [3.05, 3.63) is 59.7 Å². The Morgan fingerprint density at radius 1 is 1.10 bits per heavy atom. The van der Waals surface area contributed by atoms with Crippen LogP contribution >= 0.6 is 0 Å². The second-order valence-electron chi connectivity index (χ2n) is 4.88. The van der Waals surface area contributed by atoms with Gasteiger partial charge in [-0.2, -0.15) is 0 Å². The van der Waals surface area contributed by atoms with Crippen LogP contribution in [-0.4, -0.2) is 13.1 Å².